The minimum atomic E-state index is 0.727. The Balaban J connectivity index is 2.25. The summed E-state index contributed by atoms with van der Waals surface area (Å²) in [5.74, 6) is 1.10. The Hall–Kier alpha value is -1.81. The maximum atomic E-state index is 6.35. The molecule has 0 saturated carbocycles. The van der Waals surface area contributed by atoms with Crippen molar-refractivity contribution in [3.63, 3.8) is 0 Å². The number of benzene rings is 1. The third-order valence-electron chi connectivity index (χ3n) is 3.62. The molecule has 1 aromatic carbocycles. The molecule has 1 aliphatic heterocycles. The maximum Gasteiger partial charge on any atom is 0.136 e. The molecule has 20 heavy (non-hydrogen) atoms. The molecule has 0 aliphatic carbocycles. The van der Waals surface area contributed by atoms with Crippen molar-refractivity contribution in [1.82, 2.24) is 9.78 Å². The molecule has 0 N–H and O–H groups in total. The Morgan fingerprint density at radius 3 is 2.70 bits per heavy atom. The molecule has 0 saturated heterocycles. The summed E-state index contributed by atoms with van der Waals surface area (Å²) in [6.45, 7) is 3.65. The molecular formula is C15H17ClN4. The summed E-state index contributed by atoms with van der Waals surface area (Å²) < 4.78 is 1.92. The minimum absolute atomic E-state index is 0.727. The molecule has 1 aliphatic rings. The summed E-state index contributed by atoms with van der Waals surface area (Å²) in [6, 6.07) is 7.85. The average molecular weight is 289 g/mol. The van der Waals surface area contributed by atoms with E-state index in [0.29, 0.717) is 0 Å². The summed E-state index contributed by atoms with van der Waals surface area (Å²) in [5.41, 5.74) is 3.98. The van der Waals surface area contributed by atoms with E-state index in [4.69, 9.17) is 16.6 Å². The van der Waals surface area contributed by atoms with E-state index in [9.17, 15) is 0 Å². The molecule has 0 amide bonds. The first-order valence-corrected chi connectivity index (χ1v) is 7.02. The molecule has 0 fully saturated rings. The number of hydrogen-bond donors (Lipinski definition) is 0. The molecule has 2 aromatic rings. The summed E-state index contributed by atoms with van der Waals surface area (Å²) in [7, 11) is 4.04. The van der Waals surface area contributed by atoms with Crippen molar-refractivity contribution in [3.05, 3.63) is 46.1 Å². The molecule has 0 bridgehead atoms. The lowest BCUT2D eigenvalue weighted by Gasteiger charge is -2.17. The summed E-state index contributed by atoms with van der Waals surface area (Å²) in [6.07, 6.45) is 0. The van der Waals surface area contributed by atoms with Gasteiger partial charge in [-0.3, -0.25) is 9.67 Å². The zero-order chi connectivity index (χ0) is 14.3. The van der Waals surface area contributed by atoms with Gasteiger partial charge in [0.25, 0.3) is 0 Å². The van der Waals surface area contributed by atoms with Crippen LogP contribution in [0.3, 0.4) is 0 Å². The highest BCUT2D eigenvalue weighted by Gasteiger charge is 2.25. The zero-order valence-electron chi connectivity index (χ0n) is 11.9. The van der Waals surface area contributed by atoms with Gasteiger partial charge in [0.1, 0.15) is 5.82 Å². The Labute approximate surface area is 123 Å². The molecule has 3 rings (SSSR count). The molecule has 104 valence electrons. The zero-order valence-corrected chi connectivity index (χ0v) is 12.6. The molecule has 0 radical (unpaired) electrons. The fourth-order valence-corrected chi connectivity index (χ4v) is 2.96. The second kappa shape index (κ2) is 4.94. The van der Waals surface area contributed by atoms with Gasteiger partial charge in [0.2, 0.25) is 0 Å². The third kappa shape index (κ3) is 2.00. The van der Waals surface area contributed by atoms with Gasteiger partial charge in [0.15, 0.2) is 0 Å². The van der Waals surface area contributed by atoms with Gasteiger partial charge in [0, 0.05) is 31.2 Å². The van der Waals surface area contributed by atoms with Crippen LogP contribution in [-0.2, 0) is 7.05 Å². The standard InChI is InChI=1S/C15H17ClN4/c1-10-13-14(11-6-4-5-7-12(11)16)17-8-9-19(2)15(13)20(3)18-10/h4-7H,8-9H2,1-3H3. The van der Waals surface area contributed by atoms with E-state index in [1.807, 2.05) is 42.9 Å². The number of fused-ring (bicyclic) bond motifs is 1. The predicted molar refractivity (Wildman–Crippen MR) is 83.2 cm³/mol. The molecule has 4 nitrogen and oxygen atoms in total. The molecule has 1 aromatic heterocycles. The quantitative estimate of drug-likeness (QED) is 0.808. The van der Waals surface area contributed by atoms with E-state index in [1.54, 1.807) is 0 Å². The van der Waals surface area contributed by atoms with Crippen LogP contribution in [0.2, 0.25) is 5.02 Å². The van der Waals surface area contributed by atoms with Crippen LogP contribution in [0.25, 0.3) is 0 Å². The Kier molecular flexibility index (Phi) is 3.26. The van der Waals surface area contributed by atoms with Crippen molar-refractivity contribution in [2.75, 3.05) is 25.0 Å². The lowest BCUT2D eigenvalue weighted by molar-refractivity contribution is 0.728. The van der Waals surface area contributed by atoms with Gasteiger partial charge < -0.3 is 4.90 Å². The van der Waals surface area contributed by atoms with Crippen molar-refractivity contribution in [2.45, 2.75) is 6.92 Å². The molecule has 0 unspecified atom stereocenters. The van der Waals surface area contributed by atoms with Gasteiger partial charge in [-0.25, -0.2) is 0 Å². The predicted octanol–water partition coefficient (Wildman–Crippen LogP) is 2.67. The van der Waals surface area contributed by atoms with Gasteiger partial charge in [-0.05, 0) is 13.0 Å². The Bertz CT molecular complexity index is 687. The van der Waals surface area contributed by atoms with Crippen molar-refractivity contribution in [2.24, 2.45) is 12.0 Å². The van der Waals surface area contributed by atoms with E-state index in [2.05, 4.69) is 17.0 Å². The number of nitrogens with zero attached hydrogens (tertiary/aromatic N) is 4. The number of aliphatic imine (C=N–C) groups is 1. The lowest BCUT2D eigenvalue weighted by Crippen LogP contribution is -2.22. The fourth-order valence-electron chi connectivity index (χ4n) is 2.73. The Morgan fingerprint density at radius 1 is 1.20 bits per heavy atom. The van der Waals surface area contributed by atoms with Crippen molar-refractivity contribution < 1.29 is 0 Å². The monoisotopic (exact) mass is 288 g/mol. The Morgan fingerprint density at radius 2 is 1.95 bits per heavy atom. The number of halogens is 1. The highest BCUT2D eigenvalue weighted by molar-refractivity contribution is 6.36. The van der Waals surface area contributed by atoms with E-state index in [0.717, 1.165) is 46.5 Å². The normalized spacial score (nSPS) is 14.8. The van der Waals surface area contributed by atoms with E-state index < -0.39 is 0 Å². The van der Waals surface area contributed by atoms with Gasteiger partial charge >= 0.3 is 0 Å². The average Bonchev–Trinajstić information content (AvgIpc) is 2.60. The second-order valence-electron chi connectivity index (χ2n) is 5.04. The molecule has 0 atom stereocenters. The van der Waals surface area contributed by atoms with E-state index in [1.165, 1.54) is 0 Å². The summed E-state index contributed by atoms with van der Waals surface area (Å²) in [4.78, 5) is 6.95. The van der Waals surface area contributed by atoms with E-state index in [-0.39, 0.29) is 0 Å². The van der Waals surface area contributed by atoms with Crippen LogP contribution >= 0.6 is 11.6 Å². The van der Waals surface area contributed by atoms with Crippen LogP contribution in [0.1, 0.15) is 16.8 Å². The van der Waals surface area contributed by atoms with Crippen LogP contribution in [0, 0.1) is 6.92 Å². The number of aromatic nitrogens is 2. The van der Waals surface area contributed by atoms with Gasteiger partial charge in [-0.2, -0.15) is 5.10 Å². The lowest BCUT2D eigenvalue weighted by atomic mass is 10.0. The number of likely N-dealkylation sites (N-methyl/N-ethyl adjacent to an activating group) is 1. The highest BCUT2D eigenvalue weighted by atomic mass is 35.5. The minimum Gasteiger partial charge on any atom is -0.357 e. The van der Waals surface area contributed by atoms with Crippen LogP contribution in [-0.4, -0.2) is 35.6 Å². The van der Waals surface area contributed by atoms with Crippen LogP contribution in [0.4, 0.5) is 5.82 Å². The SMILES string of the molecule is Cc1nn(C)c2c1C(c1ccccc1Cl)=NCCN2C. The van der Waals surface area contributed by atoms with Crippen LogP contribution in [0.5, 0.6) is 0 Å². The maximum absolute atomic E-state index is 6.35. The smallest absolute Gasteiger partial charge is 0.136 e. The van der Waals surface area contributed by atoms with Crippen LogP contribution < -0.4 is 4.90 Å². The molecule has 2 heterocycles. The number of rotatable bonds is 1. The first kappa shape index (κ1) is 13.2. The first-order valence-electron chi connectivity index (χ1n) is 6.64. The van der Waals surface area contributed by atoms with Gasteiger partial charge in [0.05, 0.1) is 23.5 Å². The number of anilines is 1. The third-order valence-corrected chi connectivity index (χ3v) is 3.95. The molecule has 0 spiro atoms. The molecule has 5 heteroatoms. The van der Waals surface area contributed by atoms with Crippen molar-refractivity contribution in [3.8, 4) is 0 Å². The van der Waals surface area contributed by atoms with Gasteiger partial charge in [-0.1, -0.05) is 29.8 Å². The molecular weight excluding hydrogens is 272 g/mol. The van der Waals surface area contributed by atoms with Crippen LogP contribution in [0.15, 0.2) is 29.3 Å². The first-order chi connectivity index (χ1) is 9.59. The topological polar surface area (TPSA) is 33.4 Å². The van der Waals surface area contributed by atoms with Crippen molar-refractivity contribution in [1.29, 1.82) is 0 Å². The van der Waals surface area contributed by atoms with Gasteiger partial charge in [-0.15, -0.1) is 0 Å². The second-order valence-corrected chi connectivity index (χ2v) is 5.45. The number of hydrogen-bond acceptors (Lipinski definition) is 3. The summed E-state index contributed by atoms with van der Waals surface area (Å²) >= 11 is 6.35. The highest BCUT2D eigenvalue weighted by Crippen LogP contribution is 2.30. The largest absolute Gasteiger partial charge is 0.357 e. The number of aryl methyl sites for hydroxylation is 2. The summed E-state index contributed by atoms with van der Waals surface area (Å²) in [5, 5.41) is 5.27. The van der Waals surface area contributed by atoms with E-state index >= 15 is 0 Å². The van der Waals surface area contributed by atoms with Crippen molar-refractivity contribution >= 4 is 23.1 Å². The fraction of sp³-hybridized carbons (Fsp3) is 0.333.